The van der Waals surface area contributed by atoms with Crippen LogP contribution in [-0.4, -0.2) is 42.3 Å². The molecule has 0 aliphatic carbocycles. The molecular formula is C18H23ClN2O3S. The molecule has 0 atom stereocenters. The zero-order valence-electron chi connectivity index (χ0n) is 15.3. The van der Waals surface area contributed by atoms with Gasteiger partial charge in [-0.2, -0.15) is 0 Å². The number of nitrogens with zero attached hydrogens (tertiary/aromatic N) is 2. The second kappa shape index (κ2) is 8.15. The smallest absolute Gasteiger partial charge is 0.266 e. The highest BCUT2D eigenvalue weighted by atomic mass is 35.5. The van der Waals surface area contributed by atoms with Gasteiger partial charge in [-0.1, -0.05) is 11.6 Å². The summed E-state index contributed by atoms with van der Waals surface area (Å²) in [4.78, 5) is 19.7. The van der Waals surface area contributed by atoms with Gasteiger partial charge in [0.05, 0.1) is 24.1 Å². The Labute approximate surface area is 158 Å². The first-order chi connectivity index (χ1) is 11.8. The molecule has 0 spiro atoms. The van der Waals surface area contributed by atoms with Crippen LogP contribution >= 0.6 is 23.4 Å². The van der Waals surface area contributed by atoms with Crippen molar-refractivity contribution >= 4 is 40.5 Å². The second-order valence-corrected chi connectivity index (χ2v) is 7.54. The van der Waals surface area contributed by atoms with Crippen LogP contribution < -0.4 is 9.47 Å². The average Bonchev–Trinajstić information content (AvgIpc) is 2.81. The lowest BCUT2D eigenvalue weighted by atomic mass is 10.1. The molecule has 1 heterocycles. The molecule has 1 aliphatic rings. The average molecular weight is 383 g/mol. The number of aliphatic imine (C=N–C) groups is 1. The van der Waals surface area contributed by atoms with Crippen LogP contribution in [0.1, 0.15) is 33.3 Å². The van der Waals surface area contributed by atoms with Gasteiger partial charge in [0.2, 0.25) is 0 Å². The molecule has 1 saturated heterocycles. The topological polar surface area (TPSA) is 51.1 Å². The number of carbonyl (C=O) groups is 1. The summed E-state index contributed by atoms with van der Waals surface area (Å²) in [6.45, 7) is 7.94. The summed E-state index contributed by atoms with van der Waals surface area (Å²) in [6.07, 6.45) is 1.80. The molecule has 0 radical (unpaired) electrons. The number of methoxy groups -OCH3 is 2. The van der Waals surface area contributed by atoms with Gasteiger partial charge in [-0.3, -0.25) is 14.7 Å². The van der Waals surface area contributed by atoms with Crippen LogP contribution in [0.4, 0.5) is 0 Å². The third-order valence-electron chi connectivity index (χ3n) is 3.48. The Morgan fingerprint density at radius 2 is 1.88 bits per heavy atom. The Kier molecular flexibility index (Phi) is 6.41. The Morgan fingerprint density at radius 1 is 1.20 bits per heavy atom. The van der Waals surface area contributed by atoms with Crippen molar-refractivity contribution in [3.63, 3.8) is 0 Å². The quantitative estimate of drug-likeness (QED) is 0.706. The third kappa shape index (κ3) is 4.30. The van der Waals surface area contributed by atoms with Crippen molar-refractivity contribution in [3.8, 4) is 11.5 Å². The Morgan fingerprint density at radius 3 is 2.40 bits per heavy atom. The van der Waals surface area contributed by atoms with Crippen LogP contribution in [0, 0.1) is 0 Å². The van der Waals surface area contributed by atoms with Crippen LogP contribution in [0.15, 0.2) is 22.0 Å². The van der Waals surface area contributed by atoms with E-state index in [0.717, 1.165) is 10.7 Å². The van der Waals surface area contributed by atoms with Gasteiger partial charge in [-0.15, -0.1) is 0 Å². The van der Waals surface area contributed by atoms with E-state index in [1.807, 2.05) is 27.7 Å². The van der Waals surface area contributed by atoms with Crippen molar-refractivity contribution in [2.45, 2.75) is 39.8 Å². The molecule has 0 bridgehead atoms. The minimum absolute atomic E-state index is 0.0393. The van der Waals surface area contributed by atoms with E-state index in [-0.39, 0.29) is 18.0 Å². The number of benzene rings is 1. The van der Waals surface area contributed by atoms with E-state index in [1.54, 1.807) is 30.2 Å². The van der Waals surface area contributed by atoms with E-state index >= 15 is 0 Å². The summed E-state index contributed by atoms with van der Waals surface area (Å²) >= 11 is 7.63. The molecule has 1 aromatic rings. The lowest BCUT2D eigenvalue weighted by Gasteiger charge is -2.20. The molecule has 2 rings (SSSR count). The minimum atomic E-state index is -0.0506. The number of ether oxygens (including phenoxy) is 2. The molecular weight excluding hydrogens is 360 g/mol. The highest BCUT2D eigenvalue weighted by Gasteiger charge is 2.35. The van der Waals surface area contributed by atoms with Crippen LogP contribution in [0.3, 0.4) is 0 Å². The molecule has 1 fully saturated rings. The van der Waals surface area contributed by atoms with E-state index in [4.69, 9.17) is 21.1 Å². The summed E-state index contributed by atoms with van der Waals surface area (Å²) in [6, 6.07) is 3.70. The van der Waals surface area contributed by atoms with Crippen LogP contribution in [0.5, 0.6) is 11.5 Å². The maximum Gasteiger partial charge on any atom is 0.266 e. The fraction of sp³-hybridized carbons (Fsp3) is 0.444. The summed E-state index contributed by atoms with van der Waals surface area (Å²) < 4.78 is 10.6. The maximum atomic E-state index is 12.8. The summed E-state index contributed by atoms with van der Waals surface area (Å²) in [5.74, 6) is 0.946. The lowest BCUT2D eigenvalue weighted by molar-refractivity contribution is -0.123. The van der Waals surface area contributed by atoms with E-state index in [2.05, 4.69) is 4.99 Å². The first-order valence-corrected chi connectivity index (χ1v) is 9.20. The zero-order chi connectivity index (χ0) is 18.7. The number of hydrogen-bond donors (Lipinski definition) is 0. The highest BCUT2D eigenvalue weighted by Crippen LogP contribution is 2.39. The summed E-state index contributed by atoms with van der Waals surface area (Å²) in [7, 11) is 3.09. The van der Waals surface area contributed by atoms with Crippen LogP contribution in [0.25, 0.3) is 6.08 Å². The van der Waals surface area contributed by atoms with Gasteiger partial charge in [0.1, 0.15) is 0 Å². The molecule has 0 unspecified atom stereocenters. The minimum Gasteiger partial charge on any atom is -0.493 e. The van der Waals surface area contributed by atoms with E-state index in [9.17, 15) is 4.79 Å². The van der Waals surface area contributed by atoms with Gasteiger partial charge >= 0.3 is 0 Å². The van der Waals surface area contributed by atoms with Crippen molar-refractivity contribution in [3.05, 3.63) is 27.6 Å². The van der Waals surface area contributed by atoms with Crippen molar-refractivity contribution in [2.75, 3.05) is 14.2 Å². The van der Waals surface area contributed by atoms with Crippen molar-refractivity contribution in [1.29, 1.82) is 0 Å². The predicted molar refractivity (Wildman–Crippen MR) is 105 cm³/mol. The highest BCUT2D eigenvalue weighted by molar-refractivity contribution is 8.18. The van der Waals surface area contributed by atoms with Gasteiger partial charge < -0.3 is 9.47 Å². The molecule has 1 amide bonds. The number of carbonyl (C=O) groups excluding carboxylic acids is 1. The largest absolute Gasteiger partial charge is 0.493 e. The first kappa shape index (κ1) is 19.7. The monoisotopic (exact) mass is 382 g/mol. The number of thioether (sulfide) groups is 1. The number of amidine groups is 1. The fourth-order valence-electron chi connectivity index (χ4n) is 2.43. The van der Waals surface area contributed by atoms with E-state index in [1.165, 1.54) is 18.9 Å². The Bertz CT molecular complexity index is 729. The number of amides is 1. The third-order valence-corrected chi connectivity index (χ3v) is 4.75. The molecule has 0 saturated carbocycles. The van der Waals surface area contributed by atoms with Gasteiger partial charge in [0.15, 0.2) is 16.7 Å². The second-order valence-electron chi connectivity index (χ2n) is 6.12. The Hall–Kier alpha value is -1.66. The van der Waals surface area contributed by atoms with E-state index < -0.39 is 0 Å². The van der Waals surface area contributed by atoms with Gasteiger partial charge in [-0.25, -0.2) is 0 Å². The number of rotatable bonds is 5. The van der Waals surface area contributed by atoms with Crippen LogP contribution in [-0.2, 0) is 4.79 Å². The van der Waals surface area contributed by atoms with Gasteiger partial charge in [-0.05, 0) is 63.2 Å². The molecule has 1 aliphatic heterocycles. The first-order valence-electron chi connectivity index (χ1n) is 8.00. The maximum absolute atomic E-state index is 12.8. The number of halogens is 1. The zero-order valence-corrected chi connectivity index (χ0v) is 16.9. The summed E-state index contributed by atoms with van der Waals surface area (Å²) in [5, 5.41) is 1.16. The van der Waals surface area contributed by atoms with E-state index in [0.29, 0.717) is 21.4 Å². The van der Waals surface area contributed by atoms with Gasteiger partial charge in [0.25, 0.3) is 5.91 Å². The standard InChI is InChI=1S/C18H23ClN2O3S/c1-10(2)20-18-21(11(3)4)17(22)15(25-18)9-12-7-13(19)16(24-6)14(8-12)23-5/h7-11H,1-6H3/b15-9+,20-18?. The normalized spacial score (nSPS) is 18.1. The van der Waals surface area contributed by atoms with Crippen molar-refractivity contribution in [1.82, 2.24) is 4.90 Å². The number of hydrogen-bond acceptors (Lipinski definition) is 5. The molecule has 25 heavy (non-hydrogen) atoms. The fourth-order valence-corrected chi connectivity index (χ4v) is 3.95. The summed E-state index contributed by atoms with van der Waals surface area (Å²) in [5.41, 5.74) is 0.771. The van der Waals surface area contributed by atoms with Crippen molar-refractivity contribution < 1.29 is 14.3 Å². The van der Waals surface area contributed by atoms with Crippen molar-refractivity contribution in [2.24, 2.45) is 4.99 Å². The lowest BCUT2D eigenvalue weighted by Crippen LogP contribution is -2.35. The van der Waals surface area contributed by atoms with Crippen LogP contribution in [0.2, 0.25) is 5.02 Å². The molecule has 136 valence electrons. The van der Waals surface area contributed by atoms with Gasteiger partial charge in [0, 0.05) is 12.1 Å². The molecule has 0 aromatic heterocycles. The molecule has 7 heteroatoms. The molecule has 5 nitrogen and oxygen atoms in total. The SMILES string of the molecule is COc1cc(/C=C2/SC(=NC(C)C)N(C(C)C)C2=O)cc(Cl)c1OC. The predicted octanol–water partition coefficient (Wildman–Crippen LogP) is 4.45. The molecule has 1 aromatic carbocycles. The molecule has 0 N–H and O–H groups in total. The Balaban J connectivity index is 2.45.